The molecule has 2 aromatic carbocycles. The van der Waals surface area contributed by atoms with Crippen molar-refractivity contribution in [2.24, 2.45) is 0 Å². The lowest BCUT2D eigenvalue weighted by Gasteiger charge is -2.36. The molecule has 2 amide bonds. The van der Waals surface area contributed by atoms with Gasteiger partial charge < -0.3 is 14.7 Å². The van der Waals surface area contributed by atoms with Gasteiger partial charge in [0.2, 0.25) is 11.8 Å². The van der Waals surface area contributed by atoms with E-state index in [-0.39, 0.29) is 18.2 Å². The summed E-state index contributed by atoms with van der Waals surface area (Å²) in [6, 6.07) is 18.0. The molecule has 1 atom stereocenters. The Bertz CT molecular complexity index is 890. The van der Waals surface area contributed by atoms with Gasteiger partial charge in [-0.3, -0.25) is 9.59 Å². The molecule has 2 aliphatic rings. The van der Waals surface area contributed by atoms with E-state index in [0.29, 0.717) is 6.42 Å². The zero-order valence-electron chi connectivity index (χ0n) is 17.3. The number of likely N-dealkylation sites (N-methyl/N-ethyl adjacent to an activating group) is 2. The average Bonchev–Trinajstić information content (AvgIpc) is 2.97. The van der Waals surface area contributed by atoms with Gasteiger partial charge in [0.25, 0.3) is 0 Å². The lowest BCUT2D eigenvalue weighted by atomic mass is 9.73. The van der Waals surface area contributed by atoms with Crippen molar-refractivity contribution >= 4 is 17.5 Å². The molecule has 2 heterocycles. The standard InChI is InChI=1S/C24H29N3O2/c1-3-26-13-15-27(16-14-26)22(28)18-24(17-19-9-5-4-6-10-19)20-11-7-8-12-21(20)25(2)23(24)29/h4-12H,3,13-18H2,1-2H3/t24-/m1/s1. The van der Waals surface area contributed by atoms with Gasteiger partial charge in [-0.2, -0.15) is 0 Å². The van der Waals surface area contributed by atoms with E-state index < -0.39 is 5.41 Å². The van der Waals surface area contributed by atoms with Crippen LogP contribution < -0.4 is 4.90 Å². The fraction of sp³-hybridized carbons (Fsp3) is 0.417. The number of hydrogen-bond acceptors (Lipinski definition) is 3. The van der Waals surface area contributed by atoms with Gasteiger partial charge in [-0.05, 0) is 30.2 Å². The first-order valence-electron chi connectivity index (χ1n) is 10.5. The summed E-state index contributed by atoms with van der Waals surface area (Å²) < 4.78 is 0. The molecule has 0 saturated carbocycles. The second-order valence-corrected chi connectivity index (χ2v) is 8.12. The van der Waals surface area contributed by atoms with Gasteiger partial charge in [0.1, 0.15) is 0 Å². The molecule has 5 nitrogen and oxygen atoms in total. The summed E-state index contributed by atoms with van der Waals surface area (Å²) in [5.41, 5.74) is 2.12. The maximum atomic E-state index is 13.6. The summed E-state index contributed by atoms with van der Waals surface area (Å²) in [6.07, 6.45) is 0.753. The van der Waals surface area contributed by atoms with Crippen LogP contribution in [0.3, 0.4) is 0 Å². The fourth-order valence-corrected chi connectivity index (χ4v) is 4.75. The maximum absolute atomic E-state index is 13.6. The van der Waals surface area contributed by atoms with E-state index in [4.69, 9.17) is 0 Å². The van der Waals surface area contributed by atoms with Crippen molar-refractivity contribution in [3.63, 3.8) is 0 Å². The number of nitrogens with zero attached hydrogens (tertiary/aromatic N) is 3. The number of anilines is 1. The fourth-order valence-electron chi connectivity index (χ4n) is 4.75. The Morgan fingerprint density at radius 3 is 2.31 bits per heavy atom. The van der Waals surface area contributed by atoms with E-state index in [9.17, 15) is 9.59 Å². The number of fused-ring (bicyclic) bond motifs is 1. The summed E-state index contributed by atoms with van der Waals surface area (Å²) in [7, 11) is 1.82. The van der Waals surface area contributed by atoms with Crippen molar-refractivity contribution < 1.29 is 9.59 Å². The van der Waals surface area contributed by atoms with Crippen molar-refractivity contribution in [2.75, 3.05) is 44.7 Å². The maximum Gasteiger partial charge on any atom is 0.238 e. The molecule has 29 heavy (non-hydrogen) atoms. The van der Waals surface area contributed by atoms with E-state index in [1.54, 1.807) is 4.90 Å². The molecule has 0 N–H and O–H groups in total. The lowest BCUT2D eigenvalue weighted by Crippen LogP contribution is -2.51. The molecular weight excluding hydrogens is 362 g/mol. The minimum absolute atomic E-state index is 0.0168. The van der Waals surface area contributed by atoms with E-state index >= 15 is 0 Å². The van der Waals surface area contributed by atoms with Gasteiger partial charge >= 0.3 is 0 Å². The smallest absolute Gasteiger partial charge is 0.238 e. The van der Waals surface area contributed by atoms with Crippen LogP contribution in [0.1, 0.15) is 24.5 Å². The highest BCUT2D eigenvalue weighted by Crippen LogP contribution is 2.45. The second-order valence-electron chi connectivity index (χ2n) is 8.12. The minimum Gasteiger partial charge on any atom is -0.340 e. The zero-order valence-corrected chi connectivity index (χ0v) is 17.3. The molecule has 2 aromatic rings. The minimum atomic E-state index is -0.842. The molecule has 0 unspecified atom stereocenters. The summed E-state index contributed by atoms with van der Waals surface area (Å²) >= 11 is 0. The molecule has 0 spiro atoms. The molecule has 0 aliphatic carbocycles. The van der Waals surface area contributed by atoms with Gasteiger partial charge in [0, 0.05) is 45.3 Å². The van der Waals surface area contributed by atoms with Crippen LogP contribution >= 0.6 is 0 Å². The van der Waals surface area contributed by atoms with Crippen molar-refractivity contribution in [3.05, 3.63) is 65.7 Å². The van der Waals surface area contributed by atoms with Crippen LogP contribution in [-0.4, -0.2) is 61.4 Å². The third kappa shape index (κ3) is 3.55. The molecule has 0 bridgehead atoms. The Labute approximate surface area is 172 Å². The monoisotopic (exact) mass is 391 g/mol. The Morgan fingerprint density at radius 1 is 0.966 bits per heavy atom. The van der Waals surface area contributed by atoms with Crippen LogP contribution in [0.2, 0.25) is 0 Å². The average molecular weight is 392 g/mol. The van der Waals surface area contributed by atoms with Crippen molar-refractivity contribution in [2.45, 2.75) is 25.2 Å². The molecule has 0 radical (unpaired) electrons. The Morgan fingerprint density at radius 2 is 1.62 bits per heavy atom. The molecule has 0 aromatic heterocycles. The van der Waals surface area contributed by atoms with E-state index in [1.165, 1.54) is 0 Å². The number of para-hydroxylation sites is 1. The lowest BCUT2D eigenvalue weighted by molar-refractivity contribution is -0.137. The van der Waals surface area contributed by atoms with Crippen LogP contribution in [0.25, 0.3) is 0 Å². The molecule has 152 valence electrons. The molecule has 5 heteroatoms. The molecule has 1 fully saturated rings. The first kappa shape index (κ1) is 19.6. The van der Waals surface area contributed by atoms with E-state index in [0.717, 1.165) is 49.5 Å². The van der Waals surface area contributed by atoms with Gasteiger partial charge in [-0.15, -0.1) is 0 Å². The van der Waals surface area contributed by atoms with E-state index in [2.05, 4.69) is 11.8 Å². The largest absolute Gasteiger partial charge is 0.340 e. The summed E-state index contributed by atoms with van der Waals surface area (Å²) in [6.45, 7) is 6.43. The molecular formula is C24H29N3O2. The van der Waals surface area contributed by atoms with Crippen molar-refractivity contribution in [3.8, 4) is 0 Å². The third-order valence-electron chi connectivity index (χ3n) is 6.47. The summed E-state index contributed by atoms with van der Waals surface area (Å²) in [5.74, 6) is 0.0956. The van der Waals surface area contributed by atoms with Crippen LogP contribution in [0.4, 0.5) is 5.69 Å². The molecule has 2 aliphatic heterocycles. The number of rotatable bonds is 5. The van der Waals surface area contributed by atoms with Gasteiger partial charge in [0.05, 0.1) is 5.41 Å². The first-order chi connectivity index (χ1) is 14.0. The number of amides is 2. The topological polar surface area (TPSA) is 43.9 Å². The second kappa shape index (κ2) is 7.99. The van der Waals surface area contributed by atoms with Gasteiger partial charge in [-0.25, -0.2) is 0 Å². The predicted octanol–water partition coefficient (Wildman–Crippen LogP) is 2.70. The van der Waals surface area contributed by atoms with Crippen molar-refractivity contribution in [1.29, 1.82) is 0 Å². The number of carbonyl (C=O) groups is 2. The zero-order chi connectivity index (χ0) is 20.4. The number of carbonyl (C=O) groups excluding carboxylic acids is 2. The summed E-state index contributed by atoms with van der Waals surface area (Å²) in [4.78, 5) is 32.9. The highest BCUT2D eigenvalue weighted by Gasteiger charge is 2.51. The Balaban J connectivity index is 1.67. The third-order valence-corrected chi connectivity index (χ3v) is 6.47. The number of benzene rings is 2. The van der Waals surface area contributed by atoms with Crippen LogP contribution in [0.5, 0.6) is 0 Å². The molecule has 1 saturated heterocycles. The number of hydrogen-bond donors (Lipinski definition) is 0. The van der Waals surface area contributed by atoms with Crippen LogP contribution in [0.15, 0.2) is 54.6 Å². The SMILES string of the molecule is CCN1CCN(C(=O)C[C@@]2(Cc3ccccc3)C(=O)N(C)c3ccccc32)CC1. The quantitative estimate of drug-likeness (QED) is 0.787. The predicted molar refractivity (Wildman–Crippen MR) is 115 cm³/mol. The van der Waals surface area contributed by atoms with E-state index in [1.807, 2.05) is 66.5 Å². The molecule has 4 rings (SSSR count). The van der Waals surface area contributed by atoms with Gasteiger partial charge in [-0.1, -0.05) is 55.5 Å². The highest BCUT2D eigenvalue weighted by atomic mass is 16.2. The Kier molecular flexibility index (Phi) is 5.41. The van der Waals surface area contributed by atoms with Crippen LogP contribution in [0, 0.1) is 0 Å². The highest BCUT2D eigenvalue weighted by molar-refractivity contribution is 6.09. The summed E-state index contributed by atoms with van der Waals surface area (Å²) in [5, 5.41) is 0. The Hall–Kier alpha value is -2.66. The van der Waals surface area contributed by atoms with Crippen LogP contribution in [-0.2, 0) is 21.4 Å². The van der Waals surface area contributed by atoms with Crippen molar-refractivity contribution in [1.82, 2.24) is 9.80 Å². The normalized spacial score (nSPS) is 22.1. The number of piperazine rings is 1. The first-order valence-corrected chi connectivity index (χ1v) is 10.5. The van der Waals surface area contributed by atoms with Gasteiger partial charge in [0.15, 0.2) is 0 Å².